The van der Waals surface area contributed by atoms with Gasteiger partial charge in [-0.1, -0.05) is 29.8 Å². The molecular formula is C22H23ClN4O2. The fourth-order valence-electron chi connectivity index (χ4n) is 3.56. The monoisotopic (exact) mass is 410 g/mol. The summed E-state index contributed by atoms with van der Waals surface area (Å²) in [7, 11) is 0. The maximum absolute atomic E-state index is 13.0. The summed E-state index contributed by atoms with van der Waals surface area (Å²) >= 11 is 6.15. The number of rotatable bonds is 5. The van der Waals surface area contributed by atoms with Crippen molar-refractivity contribution < 1.29 is 9.53 Å². The first kappa shape index (κ1) is 19.3. The Morgan fingerprint density at radius 3 is 2.66 bits per heavy atom. The Morgan fingerprint density at radius 1 is 1.10 bits per heavy atom. The number of amides is 1. The number of hydrogen-bond acceptors (Lipinski definition) is 4. The van der Waals surface area contributed by atoms with Gasteiger partial charge in [0.05, 0.1) is 12.2 Å². The molecule has 150 valence electrons. The normalized spacial score (nSPS) is 14.1. The van der Waals surface area contributed by atoms with Gasteiger partial charge in [-0.2, -0.15) is 0 Å². The fourth-order valence-corrected chi connectivity index (χ4v) is 3.75. The van der Waals surface area contributed by atoms with Crippen LogP contribution < -0.4 is 9.64 Å². The molecule has 29 heavy (non-hydrogen) atoms. The fraction of sp³-hybridized carbons (Fsp3) is 0.273. The van der Waals surface area contributed by atoms with E-state index in [2.05, 4.69) is 9.88 Å². The molecule has 7 heteroatoms. The Hall–Kier alpha value is -2.99. The van der Waals surface area contributed by atoms with Crippen molar-refractivity contribution in [2.75, 3.05) is 37.7 Å². The van der Waals surface area contributed by atoms with E-state index in [1.54, 1.807) is 6.20 Å². The van der Waals surface area contributed by atoms with Crippen molar-refractivity contribution in [1.82, 2.24) is 14.5 Å². The number of anilines is 1. The SMILES string of the molecule is CCOc1ccccc1C(=O)N1CCN(c2nccn2-c2cccc(Cl)c2)CC1. The smallest absolute Gasteiger partial charge is 0.257 e. The van der Waals surface area contributed by atoms with Crippen LogP contribution in [0.5, 0.6) is 5.75 Å². The predicted molar refractivity (Wildman–Crippen MR) is 114 cm³/mol. The molecule has 1 aliphatic rings. The van der Waals surface area contributed by atoms with Gasteiger partial charge < -0.3 is 14.5 Å². The van der Waals surface area contributed by atoms with E-state index in [1.165, 1.54) is 0 Å². The third-order valence-corrected chi connectivity index (χ3v) is 5.21. The topological polar surface area (TPSA) is 50.6 Å². The standard InChI is InChI=1S/C22H23ClN4O2/c1-2-29-20-9-4-3-8-19(20)21(28)25-12-14-26(15-13-25)22-24-10-11-27(22)18-7-5-6-17(23)16-18/h3-11,16H,2,12-15H2,1H3. The van der Waals surface area contributed by atoms with E-state index >= 15 is 0 Å². The van der Waals surface area contributed by atoms with Crippen molar-refractivity contribution in [3.05, 3.63) is 71.5 Å². The van der Waals surface area contributed by atoms with Crippen LogP contribution in [0.15, 0.2) is 60.9 Å². The molecule has 1 aliphatic heterocycles. The van der Waals surface area contributed by atoms with Crippen LogP contribution in [0.4, 0.5) is 5.95 Å². The zero-order valence-electron chi connectivity index (χ0n) is 16.3. The average Bonchev–Trinajstić information content (AvgIpc) is 3.24. The quantitative estimate of drug-likeness (QED) is 0.640. The molecule has 0 N–H and O–H groups in total. The molecule has 6 nitrogen and oxygen atoms in total. The Kier molecular flexibility index (Phi) is 5.71. The summed E-state index contributed by atoms with van der Waals surface area (Å²) in [4.78, 5) is 21.6. The number of carbonyl (C=O) groups excluding carboxylic acids is 1. The maximum Gasteiger partial charge on any atom is 0.257 e. The van der Waals surface area contributed by atoms with Crippen LogP contribution in [0, 0.1) is 0 Å². The third-order valence-electron chi connectivity index (χ3n) is 4.97. The molecule has 1 amide bonds. The highest BCUT2D eigenvalue weighted by molar-refractivity contribution is 6.30. The lowest BCUT2D eigenvalue weighted by Gasteiger charge is -2.35. The minimum Gasteiger partial charge on any atom is -0.493 e. The number of hydrogen-bond donors (Lipinski definition) is 0. The van der Waals surface area contributed by atoms with Gasteiger partial charge in [-0.3, -0.25) is 9.36 Å². The van der Waals surface area contributed by atoms with Crippen molar-refractivity contribution in [3.63, 3.8) is 0 Å². The lowest BCUT2D eigenvalue weighted by molar-refractivity contribution is 0.0742. The Labute approximate surface area is 175 Å². The number of aromatic nitrogens is 2. The van der Waals surface area contributed by atoms with Crippen LogP contribution in [-0.2, 0) is 0 Å². The molecule has 0 radical (unpaired) electrons. The molecule has 1 saturated heterocycles. The number of benzene rings is 2. The number of carbonyl (C=O) groups is 1. The Bertz CT molecular complexity index is 996. The lowest BCUT2D eigenvalue weighted by Crippen LogP contribution is -2.49. The van der Waals surface area contributed by atoms with Crippen LogP contribution in [-0.4, -0.2) is 53.1 Å². The van der Waals surface area contributed by atoms with E-state index in [-0.39, 0.29) is 5.91 Å². The zero-order valence-corrected chi connectivity index (χ0v) is 17.0. The van der Waals surface area contributed by atoms with Gasteiger partial charge in [0, 0.05) is 49.3 Å². The van der Waals surface area contributed by atoms with Crippen LogP contribution in [0.25, 0.3) is 5.69 Å². The van der Waals surface area contributed by atoms with Gasteiger partial charge in [-0.25, -0.2) is 4.98 Å². The number of piperazine rings is 1. The van der Waals surface area contributed by atoms with Gasteiger partial charge in [0.2, 0.25) is 5.95 Å². The lowest BCUT2D eigenvalue weighted by atomic mass is 10.1. The highest BCUT2D eigenvalue weighted by atomic mass is 35.5. The summed E-state index contributed by atoms with van der Waals surface area (Å²) in [6.07, 6.45) is 3.71. The van der Waals surface area contributed by atoms with E-state index in [9.17, 15) is 4.79 Å². The molecule has 0 aliphatic carbocycles. The molecule has 2 heterocycles. The van der Waals surface area contributed by atoms with Gasteiger partial charge in [-0.05, 0) is 37.3 Å². The van der Waals surface area contributed by atoms with Crippen LogP contribution >= 0.6 is 11.6 Å². The summed E-state index contributed by atoms with van der Waals surface area (Å²) in [6.45, 7) is 5.12. The van der Waals surface area contributed by atoms with Crippen molar-refractivity contribution in [3.8, 4) is 11.4 Å². The van der Waals surface area contributed by atoms with E-state index in [4.69, 9.17) is 16.3 Å². The molecule has 0 bridgehead atoms. The molecule has 3 aromatic rings. The molecule has 0 saturated carbocycles. The van der Waals surface area contributed by atoms with Crippen molar-refractivity contribution >= 4 is 23.5 Å². The van der Waals surface area contributed by atoms with Crippen molar-refractivity contribution in [2.24, 2.45) is 0 Å². The molecule has 0 unspecified atom stereocenters. The molecule has 1 aromatic heterocycles. The second-order valence-electron chi connectivity index (χ2n) is 6.79. The highest BCUT2D eigenvalue weighted by Gasteiger charge is 2.26. The predicted octanol–water partition coefficient (Wildman–Crippen LogP) is 3.89. The summed E-state index contributed by atoms with van der Waals surface area (Å²) in [5.74, 6) is 1.50. The van der Waals surface area contributed by atoms with Crippen LogP contribution in [0.2, 0.25) is 5.02 Å². The van der Waals surface area contributed by atoms with E-state index in [0.717, 1.165) is 11.6 Å². The van der Waals surface area contributed by atoms with E-state index in [0.29, 0.717) is 49.1 Å². The molecule has 4 rings (SSSR count). The van der Waals surface area contributed by atoms with E-state index in [1.807, 2.05) is 71.1 Å². The van der Waals surface area contributed by atoms with Gasteiger partial charge in [0.25, 0.3) is 5.91 Å². The van der Waals surface area contributed by atoms with Crippen molar-refractivity contribution in [1.29, 1.82) is 0 Å². The highest BCUT2D eigenvalue weighted by Crippen LogP contribution is 2.24. The maximum atomic E-state index is 13.0. The summed E-state index contributed by atoms with van der Waals surface area (Å²) in [6, 6.07) is 15.1. The zero-order chi connectivity index (χ0) is 20.2. The molecule has 0 atom stereocenters. The molecule has 1 fully saturated rings. The molecule has 0 spiro atoms. The van der Waals surface area contributed by atoms with Gasteiger partial charge >= 0.3 is 0 Å². The van der Waals surface area contributed by atoms with Crippen LogP contribution in [0.3, 0.4) is 0 Å². The summed E-state index contributed by atoms with van der Waals surface area (Å²) < 4.78 is 7.64. The van der Waals surface area contributed by atoms with E-state index < -0.39 is 0 Å². The molecular weight excluding hydrogens is 388 g/mol. The second-order valence-corrected chi connectivity index (χ2v) is 7.22. The van der Waals surface area contributed by atoms with Crippen molar-refractivity contribution in [2.45, 2.75) is 6.92 Å². The number of halogens is 1. The molecule has 2 aromatic carbocycles. The number of ether oxygens (including phenoxy) is 1. The van der Waals surface area contributed by atoms with Gasteiger partial charge in [-0.15, -0.1) is 0 Å². The first-order valence-corrected chi connectivity index (χ1v) is 10.1. The minimum atomic E-state index is 0.00637. The van der Waals surface area contributed by atoms with Gasteiger partial charge in [0.1, 0.15) is 5.75 Å². The van der Waals surface area contributed by atoms with Crippen LogP contribution in [0.1, 0.15) is 17.3 Å². The largest absolute Gasteiger partial charge is 0.493 e. The first-order valence-electron chi connectivity index (χ1n) is 9.72. The first-order chi connectivity index (χ1) is 14.2. The van der Waals surface area contributed by atoms with Gasteiger partial charge in [0.15, 0.2) is 0 Å². The Morgan fingerprint density at radius 2 is 1.90 bits per heavy atom. The minimum absolute atomic E-state index is 0.00637. The number of para-hydroxylation sites is 1. The number of nitrogens with zero attached hydrogens (tertiary/aromatic N) is 4. The third kappa shape index (κ3) is 4.07. The summed E-state index contributed by atoms with van der Waals surface area (Å²) in [5, 5.41) is 0.686. The number of imidazole rings is 1. The second kappa shape index (κ2) is 8.57. The average molecular weight is 411 g/mol. The Balaban J connectivity index is 1.47. The summed E-state index contributed by atoms with van der Waals surface area (Å²) in [5.41, 5.74) is 1.58.